The molecule has 0 aromatic heterocycles. The Morgan fingerprint density at radius 1 is 1.38 bits per heavy atom. The van der Waals surface area contributed by atoms with Gasteiger partial charge in [-0.05, 0) is 24.3 Å². The Hall–Kier alpha value is -1.95. The van der Waals surface area contributed by atoms with Crippen LogP contribution in [0.15, 0.2) is 24.3 Å². The van der Waals surface area contributed by atoms with Crippen LogP contribution in [0.5, 0.6) is 0 Å². The van der Waals surface area contributed by atoms with E-state index < -0.39 is 5.97 Å². The molecule has 0 unspecified atom stereocenters. The number of carboxylic acids is 1. The molecule has 0 bridgehead atoms. The number of aliphatic carboxylic acids is 1. The lowest BCUT2D eigenvalue weighted by atomic mass is 10.2. The minimum Gasteiger partial charge on any atom is -0.481 e. The molecule has 0 aliphatic carbocycles. The van der Waals surface area contributed by atoms with Gasteiger partial charge in [-0.15, -0.1) is 0 Å². The van der Waals surface area contributed by atoms with Gasteiger partial charge in [0.05, 0.1) is 0 Å². The molecule has 0 aliphatic rings. The Balaban J connectivity index is 2.67. The Kier molecular flexibility index (Phi) is 2.93. The van der Waals surface area contributed by atoms with Crippen LogP contribution < -0.4 is 5.73 Å². The molecular weight excluding hydrogens is 166 g/mol. The van der Waals surface area contributed by atoms with Crippen molar-refractivity contribution in [1.29, 1.82) is 0 Å². The third-order valence-corrected chi connectivity index (χ3v) is 1.38. The summed E-state index contributed by atoms with van der Waals surface area (Å²) < 4.78 is 0. The van der Waals surface area contributed by atoms with Crippen LogP contribution in [0.2, 0.25) is 0 Å². The summed E-state index contributed by atoms with van der Waals surface area (Å²) in [7, 11) is 0. The molecule has 1 rings (SSSR count). The molecule has 0 heterocycles. The van der Waals surface area contributed by atoms with E-state index in [-0.39, 0.29) is 6.42 Å². The van der Waals surface area contributed by atoms with Gasteiger partial charge in [0.25, 0.3) is 0 Å². The third kappa shape index (κ3) is 3.30. The maximum absolute atomic E-state index is 10.1. The van der Waals surface area contributed by atoms with E-state index in [0.717, 1.165) is 5.56 Å². The van der Waals surface area contributed by atoms with Crippen molar-refractivity contribution in [3.05, 3.63) is 29.8 Å². The summed E-state index contributed by atoms with van der Waals surface area (Å²) in [4.78, 5) is 10.1. The second-order valence-corrected chi connectivity index (χ2v) is 2.49. The number of anilines is 1. The predicted octanol–water partition coefficient (Wildman–Crippen LogP) is 1.09. The van der Waals surface area contributed by atoms with Gasteiger partial charge in [-0.2, -0.15) is 0 Å². The van der Waals surface area contributed by atoms with Crippen LogP contribution in [0.4, 0.5) is 5.69 Å². The molecule has 3 nitrogen and oxygen atoms in total. The molecule has 1 aromatic rings. The molecule has 0 amide bonds. The number of carboxylic acid groups (broad SMARTS) is 1. The Bertz CT molecular complexity index is 357. The summed E-state index contributed by atoms with van der Waals surface area (Å²) in [5, 5.41) is 8.31. The Morgan fingerprint density at radius 3 is 2.54 bits per heavy atom. The molecule has 0 radical (unpaired) electrons. The SMILES string of the molecule is Nc1ccc(C#CCC(=O)O)cc1. The van der Waals surface area contributed by atoms with Crippen LogP contribution >= 0.6 is 0 Å². The second-order valence-electron chi connectivity index (χ2n) is 2.49. The van der Waals surface area contributed by atoms with Crippen molar-refractivity contribution >= 4 is 11.7 Å². The normalized spacial score (nSPS) is 8.62. The van der Waals surface area contributed by atoms with Crippen LogP contribution in [0.1, 0.15) is 12.0 Å². The average Bonchev–Trinajstić information content (AvgIpc) is 2.08. The molecule has 0 atom stereocenters. The van der Waals surface area contributed by atoms with Crippen molar-refractivity contribution in [2.24, 2.45) is 0 Å². The number of benzene rings is 1. The van der Waals surface area contributed by atoms with Crippen LogP contribution in [0, 0.1) is 11.8 Å². The van der Waals surface area contributed by atoms with Crippen molar-refractivity contribution in [1.82, 2.24) is 0 Å². The zero-order valence-corrected chi connectivity index (χ0v) is 6.95. The molecule has 0 aliphatic heterocycles. The van der Waals surface area contributed by atoms with Gasteiger partial charge in [0, 0.05) is 11.3 Å². The number of carbonyl (C=O) groups is 1. The lowest BCUT2D eigenvalue weighted by Crippen LogP contribution is -1.90. The minimum absolute atomic E-state index is 0.135. The molecule has 3 heteroatoms. The fourth-order valence-electron chi connectivity index (χ4n) is 0.788. The molecule has 0 spiro atoms. The van der Waals surface area contributed by atoms with Crippen molar-refractivity contribution in [2.75, 3.05) is 5.73 Å². The van der Waals surface area contributed by atoms with Gasteiger partial charge >= 0.3 is 5.97 Å². The van der Waals surface area contributed by atoms with Gasteiger partial charge in [-0.1, -0.05) is 11.8 Å². The quantitative estimate of drug-likeness (QED) is 0.496. The van der Waals surface area contributed by atoms with Gasteiger partial charge in [0.2, 0.25) is 0 Å². The highest BCUT2D eigenvalue weighted by atomic mass is 16.4. The van der Waals surface area contributed by atoms with E-state index in [2.05, 4.69) is 11.8 Å². The van der Waals surface area contributed by atoms with E-state index in [1.807, 2.05) is 0 Å². The number of hydrogen-bond acceptors (Lipinski definition) is 2. The van der Waals surface area contributed by atoms with E-state index in [1.54, 1.807) is 24.3 Å². The second kappa shape index (κ2) is 4.17. The fourth-order valence-corrected chi connectivity index (χ4v) is 0.788. The van der Waals surface area contributed by atoms with Crippen molar-refractivity contribution < 1.29 is 9.90 Å². The standard InChI is InChI=1S/C10H9NO2/c11-9-6-4-8(5-7-9)2-1-3-10(12)13/h4-7H,3,11H2,(H,12,13). The van der Waals surface area contributed by atoms with E-state index in [1.165, 1.54) is 0 Å². The monoisotopic (exact) mass is 175 g/mol. The molecule has 0 saturated carbocycles. The zero-order chi connectivity index (χ0) is 9.68. The first-order valence-electron chi connectivity index (χ1n) is 3.74. The van der Waals surface area contributed by atoms with Crippen molar-refractivity contribution in [2.45, 2.75) is 6.42 Å². The minimum atomic E-state index is -0.914. The first kappa shape index (κ1) is 9.14. The summed E-state index contributed by atoms with van der Waals surface area (Å²) in [6.45, 7) is 0. The number of rotatable bonds is 1. The third-order valence-electron chi connectivity index (χ3n) is 1.38. The van der Waals surface area contributed by atoms with Crippen LogP contribution in [0.3, 0.4) is 0 Å². The van der Waals surface area contributed by atoms with Gasteiger partial charge in [-0.3, -0.25) is 4.79 Å². The fraction of sp³-hybridized carbons (Fsp3) is 0.100. The summed E-state index contributed by atoms with van der Waals surface area (Å²) >= 11 is 0. The lowest BCUT2D eigenvalue weighted by molar-refractivity contribution is -0.135. The first-order chi connectivity index (χ1) is 6.18. The first-order valence-corrected chi connectivity index (χ1v) is 3.74. The van der Waals surface area contributed by atoms with Crippen LogP contribution in [-0.4, -0.2) is 11.1 Å². The Morgan fingerprint density at radius 2 is 2.00 bits per heavy atom. The lowest BCUT2D eigenvalue weighted by Gasteiger charge is -1.91. The van der Waals surface area contributed by atoms with Crippen LogP contribution in [0.25, 0.3) is 0 Å². The molecule has 0 saturated heterocycles. The smallest absolute Gasteiger partial charge is 0.315 e. The van der Waals surface area contributed by atoms with Gasteiger partial charge < -0.3 is 10.8 Å². The zero-order valence-electron chi connectivity index (χ0n) is 6.95. The highest BCUT2D eigenvalue weighted by molar-refractivity contribution is 5.70. The summed E-state index contributed by atoms with van der Waals surface area (Å²) in [5.41, 5.74) is 6.90. The summed E-state index contributed by atoms with van der Waals surface area (Å²) in [5.74, 6) is 4.33. The van der Waals surface area contributed by atoms with Crippen molar-refractivity contribution in [3.63, 3.8) is 0 Å². The van der Waals surface area contributed by atoms with E-state index >= 15 is 0 Å². The highest BCUT2D eigenvalue weighted by Crippen LogP contribution is 2.03. The van der Waals surface area contributed by atoms with Gasteiger partial charge in [-0.25, -0.2) is 0 Å². The van der Waals surface area contributed by atoms with Crippen LogP contribution in [-0.2, 0) is 4.79 Å². The maximum atomic E-state index is 10.1. The average molecular weight is 175 g/mol. The van der Waals surface area contributed by atoms with Gasteiger partial charge in [0.1, 0.15) is 6.42 Å². The van der Waals surface area contributed by atoms with E-state index in [0.29, 0.717) is 5.69 Å². The number of nitrogens with two attached hydrogens (primary N) is 1. The van der Waals surface area contributed by atoms with Crippen molar-refractivity contribution in [3.8, 4) is 11.8 Å². The summed E-state index contributed by atoms with van der Waals surface area (Å²) in [6.07, 6.45) is -0.135. The molecule has 66 valence electrons. The van der Waals surface area contributed by atoms with Gasteiger partial charge in [0.15, 0.2) is 0 Å². The maximum Gasteiger partial charge on any atom is 0.315 e. The number of hydrogen-bond donors (Lipinski definition) is 2. The number of nitrogen functional groups attached to an aromatic ring is 1. The molecule has 1 aromatic carbocycles. The molecule has 13 heavy (non-hydrogen) atoms. The highest BCUT2D eigenvalue weighted by Gasteiger charge is 1.89. The molecular formula is C10H9NO2. The topological polar surface area (TPSA) is 63.3 Å². The predicted molar refractivity (Wildman–Crippen MR) is 50.0 cm³/mol. The Labute approximate surface area is 76.2 Å². The van der Waals surface area contributed by atoms with E-state index in [9.17, 15) is 4.79 Å². The largest absolute Gasteiger partial charge is 0.481 e. The molecule has 3 N–H and O–H groups in total. The van der Waals surface area contributed by atoms with E-state index in [4.69, 9.17) is 10.8 Å². The molecule has 0 fully saturated rings. The summed E-state index contributed by atoms with van der Waals surface area (Å²) in [6, 6.07) is 6.96.